The minimum Gasteiger partial charge on any atom is -0.392 e. The minimum atomic E-state index is -0.285. The third kappa shape index (κ3) is 4.20. The molecule has 1 aromatic heterocycles. The zero-order valence-electron chi connectivity index (χ0n) is 10.8. The highest BCUT2D eigenvalue weighted by molar-refractivity contribution is 7.09. The standard InChI is InChI=1S/C12H22N2OS/c1-9(15)6-14(5)7-11-13-10(8-16-11)12(2,3)4/h8-9,15H,6-7H2,1-5H3. The molecule has 0 aliphatic heterocycles. The van der Waals surface area contributed by atoms with E-state index in [9.17, 15) is 5.11 Å². The molecule has 1 rings (SSSR count). The highest BCUT2D eigenvalue weighted by atomic mass is 32.1. The summed E-state index contributed by atoms with van der Waals surface area (Å²) in [5.74, 6) is 0. The van der Waals surface area contributed by atoms with Crippen LogP contribution in [0.3, 0.4) is 0 Å². The predicted molar refractivity (Wildman–Crippen MR) is 68.8 cm³/mol. The molecule has 0 bridgehead atoms. The number of aliphatic hydroxyl groups is 1. The van der Waals surface area contributed by atoms with Gasteiger partial charge in [-0.25, -0.2) is 4.98 Å². The fourth-order valence-corrected chi connectivity index (χ4v) is 2.57. The molecule has 0 fully saturated rings. The van der Waals surface area contributed by atoms with Crippen LogP contribution in [0.25, 0.3) is 0 Å². The summed E-state index contributed by atoms with van der Waals surface area (Å²) in [5.41, 5.74) is 1.27. The number of rotatable bonds is 4. The van der Waals surface area contributed by atoms with Crippen molar-refractivity contribution in [1.29, 1.82) is 0 Å². The van der Waals surface area contributed by atoms with Gasteiger partial charge >= 0.3 is 0 Å². The van der Waals surface area contributed by atoms with Gasteiger partial charge in [-0.05, 0) is 14.0 Å². The average Bonchev–Trinajstić information content (AvgIpc) is 2.49. The van der Waals surface area contributed by atoms with Crippen LogP contribution in [-0.4, -0.2) is 34.7 Å². The quantitative estimate of drug-likeness (QED) is 0.880. The molecule has 0 amide bonds. The fraction of sp³-hybridized carbons (Fsp3) is 0.750. The average molecular weight is 242 g/mol. The van der Waals surface area contributed by atoms with Crippen molar-refractivity contribution in [1.82, 2.24) is 9.88 Å². The third-order valence-corrected chi connectivity index (χ3v) is 3.13. The molecule has 0 saturated heterocycles. The molecule has 4 heteroatoms. The van der Waals surface area contributed by atoms with Gasteiger partial charge in [-0.2, -0.15) is 0 Å². The van der Waals surface area contributed by atoms with Gasteiger partial charge in [-0.3, -0.25) is 4.90 Å². The number of likely N-dealkylation sites (N-methyl/N-ethyl adjacent to an activating group) is 1. The van der Waals surface area contributed by atoms with Crippen LogP contribution in [0.4, 0.5) is 0 Å². The third-order valence-electron chi connectivity index (χ3n) is 2.30. The first-order valence-electron chi connectivity index (χ1n) is 5.60. The highest BCUT2D eigenvalue weighted by Gasteiger charge is 2.17. The van der Waals surface area contributed by atoms with Crippen molar-refractivity contribution in [2.75, 3.05) is 13.6 Å². The van der Waals surface area contributed by atoms with Crippen LogP contribution in [0.15, 0.2) is 5.38 Å². The van der Waals surface area contributed by atoms with Gasteiger partial charge in [0.2, 0.25) is 0 Å². The highest BCUT2D eigenvalue weighted by Crippen LogP contribution is 2.24. The SMILES string of the molecule is CC(O)CN(C)Cc1nc(C(C)(C)C)cs1. The molecule has 0 aliphatic carbocycles. The predicted octanol–water partition coefficient (Wildman–Crippen LogP) is 2.25. The molecule has 1 N–H and O–H groups in total. The van der Waals surface area contributed by atoms with E-state index in [0.29, 0.717) is 6.54 Å². The van der Waals surface area contributed by atoms with Crippen molar-refractivity contribution in [3.05, 3.63) is 16.1 Å². The van der Waals surface area contributed by atoms with E-state index in [1.807, 2.05) is 7.05 Å². The largest absolute Gasteiger partial charge is 0.392 e. The first-order valence-corrected chi connectivity index (χ1v) is 6.48. The Hall–Kier alpha value is -0.450. The van der Waals surface area contributed by atoms with Gasteiger partial charge in [0.25, 0.3) is 0 Å². The van der Waals surface area contributed by atoms with E-state index >= 15 is 0 Å². The number of hydrogen-bond donors (Lipinski definition) is 1. The van der Waals surface area contributed by atoms with E-state index in [0.717, 1.165) is 17.2 Å². The summed E-state index contributed by atoms with van der Waals surface area (Å²) in [6.45, 7) is 9.82. The second-order valence-corrected chi connectivity index (χ2v) is 6.36. The molecule has 0 saturated carbocycles. The van der Waals surface area contributed by atoms with Crippen LogP contribution in [0.1, 0.15) is 38.4 Å². The fourth-order valence-electron chi connectivity index (χ4n) is 1.47. The lowest BCUT2D eigenvalue weighted by Crippen LogP contribution is -2.26. The van der Waals surface area contributed by atoms with Gasteiger partial charge in [0.15, 0.2) is 0 Å². The lowest BCUT2D eigenvalue weighted by molar-refractivity contribution is 0.138. The first kappa shape index (κ1) is 13.6. The molecule has 3 nitrogen and oxygen atoms in total. The van der Waals surface area contributed by atoms with Crippen LogP contribution >= 0.6 is 11.3 Å². The van der Waals surface area contributed by atoms with Crippen molar-refractivity contribution in [3.8, 4) is 0 Å². The molecular weight excluding hydrogens is 220 g/mol. The van der Waals surface area contributed by atoms with Crippen molar-refractivity contribution >= 4 is 11.3 Å². The molecule has 0 aromatic carbocycles. The van der Waals surface area contributed by atoms with E-state index in [-0.39, 0.29) is 11.5 Å². The number of thiazole rings is 1. The normalized spacial score (nSPS) is 14.4. The smallest absolute Gasteiger partial charge is 0.107 e. The first-order chi connectivity index (χ1) is 7.29. The molecule has 1 aromatic rings. The zero-order valence-corrected chi connectivity index (χ0v) is 11.6. The van der Waals surface area contributed by atoms with Crippen molar-refractivity contribution < 1.29 is 5.11 Å². The number of hydrogen-bond acceptors (Lipinski definition) is 4. The molecular formula is C12H22N2OS. The van der Waals surface area contributed by atoms with E-state index < -0.39 is 0 Å². The summed E-state index contributed by atoms with van der Waals surface area (Å²) >= 11 is 1.70. The Balaban J connectivity index is 2.59. The summed E-state index contributed by atoms with van der Waals surface area (Å²) in [4.78, 5) is 6.72. The summed E-state index contributed by atoms with van der Waals surface area (Å²) in [5, 5.41) is 12.5. The van der Waals surface area contributed by atoms with Crippen LogP contribution in [0, 0.1) is 0 Å². The van der Waals surface area contributed by atoms with Gasteiger partial charge in [0, 0.05) is 17.3 Å². The maximum atomic E-state index is 9.28. The Bertz CT molecular complexity index is 328. The second kappa shape index (κ2) is 5.25. The topological polar surface area (TPSA) is 36.4 Å². The summed E-state index contributed by atoms with van der Waals surface area (Å²) < 4.78 is 0. The van der Waals surface area contributed by atoms with Gasteiger partial charge in [0.1, 0.15) is 5.01 Å². The lowest BCUT2D eigenvalue weighted by Gasteiger charge is -2.17. The molecule has 1 heterocycles. The lowest BCUT2D eigenvalue weighted by atomic mass is 9.93. The second-order valence-electron chi connectivity index (χ2n) is 5.42. The monoisotopic (exact) mass is 242 g/mol. The Morgan fingerprint density at radius 3 is 2.56 bits per heavy atom. The van der Waals surface area contributed by atoms with E-state index in [1.54, 1.807) is 18.3 Å². The van der Waals surface area contributed by atoms with Crippen LogP contribution in [0.5, 0.6) is 0 Å². The van der Waals surface area contributed by atoms with Crippen molar-refractivity contribution in [3.63, 3.8) is 0 Å². The summed E-state index contributed by atoms with van der Waals surface area (Å²) in [7, 11) is 2.00. The van der Waals surface area contributed by atoms with Crippen LogP contribution < -0.4 is 0 Å². The van der Waals surface area contributed by atoms with Gasteiger partial charge in [-0.1, -0.05) is 20.8 Å². The van der Waals surface area contributed by atoms with Crippen molar-refractivity contribution in [2.24, 2.45) is 0 Å². The molecule has 92 valence electrons. The van der Waals surface area contributed by atoms with Gasteiger partial charge in [-0.15, -0.1) is 11.3 Å². The Morgan fingerprint density at radius 1 is 1.50 bits per heavy atom. The molecule has 1 unspecified atom stereocenters. The van der Waals surface area contributed by atoms with Crippen molar-refractivity contribution in [2.45, 2.75) is 45.8 Å². The molecule has 1 atom stereocenters. The maximum Gasteiger partial charge on any atom is 0.107 e. The number of nitrogens with zero attached hydrogens (tertiary/aromatic N) is 2. The summed E-state index contributed by atoms with van der Waals surface area (Å²) in [6, 6.07) is 0. The van der Waals surface area contributed by atoms with Crippen LogP contribution in [-0.2, 0) is 12.0 Å². The van der Waals surface area contributed by atoms with E-state index in [2.05, 4.69) is 36.0 Å². The molecule has 16 heavy (non-hydrogen) atoms. The Labute approximate surface area is 102 Å². The number of aliphatic hydroxyl groups excluding tert-OH is 1. The molecule has 0 spiro atoms. The van der Waals surface area contributed by atoms with E-state index in [1.165, 1.54) is 0 Å². The van der Waals surface area contributed by atoms with E-state index in [4.69, 9.17) is 0 Å². The van der Waals surface area contributed by atoms with Gasteiger partial charge in [0.05, 0.1) is 18.3 Å². The Kier molecular flexibility index (Phi) is 4.47. The summed E-state index contributed by atoms with van der Waals surface area (Å²) in [6.07, 6.45) is -0.285. The minimum absolute atomic E-state index is 0.123. The molecule has 0 radical (unpaired) electrons. The zero-order chi connectivity index (χ0) is 12.3. The van der Waals surface area contributed by atoms with Gasteiger partial charge < -0.3 is 5.11 Å². The number of aromatic nitrogens is 1. The van der Waals surface area contributed by atoms with Crippen LogP contribution in [0.2, 0.25) is 0 Å². The maximum absolute atomic E-state index is 9.28. The molecule has 0 aliphatic rings. The Morgan fingerprint density at radius 2 is 2.12 bits per heavy atom.